The van der Waals surface area contributed by atoms with Crippen molar-refractivity contribution in [3.63, 3.8) is 0 Å². The first kappa shape index (κ1) is 8.23. The summed E-state index contributed by atoms with van der Waals surface area (Å²) in [7, 11) is 0. The first-order valence-electron chi connectivity index (χ1n) is 3.23. The van der Waals surface area contributed by atoms with Gasteiger partial charge in [0.1, 0.15) is 0 Å². The molecule has 0 heterocycles. The third-order valence-corrected chi connectivity index (χ3v) is 1.39. The number of allylic oxidation sites excluding steroid dienone is 1. The van der Waals surface area contributed by atoms with Crippen LogP contribution >= 0.6 is 0 Å². The van der Waals surface area contributed by atoms with Crippen LogP contribution in [0.25, 0.3) is 0 Å². The predicted octanol–water partition coefficient (Wildman–Crippen LogP) is 2.36. The van der Waals surface area contributed by atoms with Gasteiger partial charge in [-0.3, -0.25) is 0 Å². The van der Waals surface area contributed by atoms with Crippen molar-refractivity contribution in [2.45, 2.75) is 20.3 Å². The molecule has 0 aromatic heterocycles. The van der Waals surface area contributed by atoms with Gasteiger partial charge in [0.25, 0.3) is 0 Å². The summed E-state index contributed by atoms with van der Waals surface area (Å²) < 4.78 is 0. The van der Waals surface area contributed by atoms with E-state index in [1.807, 2.05) is 0 Å². The topological polar surface area (TPSA) is 23.8 Å². The van der Waals surface area contributed by atoms with Crippen molar-refractivity contribution < 1.29 is 0 Å². The zero-order valence-electron chi connectivity index (χ0n) is 6.09. The molecule has 0 aliphatic rings. The third-order valence-electron chi connectivity index (χ3n) is 1.39. The first-order valence-corrected chi connectivity index (χ1v) is 3.23. The van der Waals surface area contributed by atoms with E-state index < -0.39 is 0 Å². The Labute approximate surface area is 57.0 Å². The maximum Gasteiger partial charge on any atom is 0.0661 e. The summed E-state index contributed by atoms with van der Waals surface area (Å²) in [4.78, 5) is 0. The fourth-order valence-corrected chi connectivity index (χ4v) is 0.653. The monoisotopic (exact) mass is 123 g/mol. The molecule has 1 heteroatoms. The van der Waals surface area contributed by atoms with Crippen molar-refractivity contribution in [2.24, 2.45) is 11.8 Å². The molecule has 0 radical (unpaired) electrons. The van der Waals surface area contributed by atoms with Crippen LogP contribution in [0, 0.1) is 23.2 Å². The smallest absolute Gasteiger partial charge is 0.0661 e. The molecule has 0 aromatic carbocycles. The van der Waals surface area contributed by atoms with Crippen molar-refractivity contribution in [1.29, 1.82) is 5.26 Å². The van der Waals surface area contributed by atoms with Gasteiger partial charge in [-0.1, -0.05) is 19.9 Å². The molecule has 0 aliphatic carbocycles. The largest absolute Gasteiger partial charge is 0.198 e. The number of rotatable bonds is 3. The SMILES string of the molecule is C=CCC(C#N)C(C)C. The van der Waals surface area contributed by atoms with Gasteiger partial charge in [0.2, 0.25) is 0 Å². The van der Waals surface area contributed by atoms with Gasteiger partial charge >= 0.3 is 0 Å². The maximum absolute atomic E-state index is 8.53. The van der Waals surface area contributed by atoms with E-state index >= 15 is 0 Å². The molecule has 0 aromatic rings. The Bertz CT molecular complexity index is 119. The Morgan fingerprint density at radius 2 is 2.22 bits per heavy atom. The fourth-order valence-electron chi connectivity index (χ4n) is 0.653. The van der Waals surface area contributed by atoms with Crippen molar-refractivity contribution >= 4 is 0 Å². The van der Waals surface area contributed by atoms with Crippen molar-refractivity contribution in [1.82, 2.24) is 0 Å². The van der Waals surface area contributed by atoms with Gasteiger partial charge in [0.15, 0.2) is 0 Å². The summed E-state index contributed by atoms with van der Waals surface area (Å²) in [5.74, 6) is 0.607. The van der Waals surface area contributed by atoms with E-state index in [0.29, 0.717) is 5.92 Å². The third kappa shape index (κ3) is 2.92. The van der Waals surface area contributed by atoms with E-state index in [-0.39, 0.29) is 5.92 Å². The maximum atomic E-state index is 8.53. The van der Waals surface area contributed by atoms with Gasteiger partial charge in [-0.15, -0.1) is 6.58 Å². The minimum Gasteiger partial charge on any atom is -0.198 e. The molecule has 1 nitrogen and oxygen atoms in total. The van der Waals surface area contributed by atoms with Crippen LogP contribution in [0.1, 0.15) is 20.3 Å². The van der Waals surface area contributed by atoms with E-state index in [0.717, 1.165) is 6.42 Å². The quantitative estimate of drug-likeness (QED) is 0.528. The molecular weight excluding hydrogens is 110 g/mol. The lowest BCUT2D eigenvalue weighted by atomic mass is 9.94. The van der Waals surface area contributed by atoms with Gasteiger partial charge in [-0.05, 0) is 12.3 Å². The number of hydrogen-bond acceptors (Lipinski definition) is 1. The van der Waals surface area contributed by atoms with Crippen molar-refractivity contribution in [2.75, 3.05) is 0 Å². The van der Waals surface area contributed by atoms with Crippen LogP contribution in [-0.2, 0) is 0 Å². The van der Waals surface area contributed by atoms with Crippen LogP contribution in [-0.4, -0.2) is 0 Å². The Balaban J connectivity index is 3.71. The van der Waals surface area contributed by atoms with Gasteiger partial charge in [-0.25, -0.2) is 0 Å². The summed E-state index contributed by atoms with van der Waals surface area (Å²) in [5, 5.41) is 8.53. The van der Waals surface area contributed by atoms with E-state index in [2.05, 4.69) is 26.5 Å². The number of hydrogen-bond donors (Lipinski definition) is 0. The normalized spacial score (nSPS) is 12.7. The summed E-state index contributed by atoms with van der Waals surface area (Å²) >= 11 is 0. The van der Waals surface area contributed by atoms with E-state index in [9.17, 15) is 0 Å². The molecule has 50 valence electrons. The van der Waals surface area contributed by atoms with E-state index in [4.69, 9.17) is 5.26 Å². The summed E-state index contributed by atoms with van der Waals surface area (Å²) in [6, 6.07) is 2.23. The summed E-state index contributed by atoms with van der Waals surface area (Å²) in [6.07, 6.45) is 2.61. The molecule has 1 unspecified atom stereocenters. The highest BCUT2D eigenvalue weighted by Crippen LogP contribution is 2.13. The Kier molecular flexibility index (Phi) is 3.79. The van der Waals surface area contributed by atoms with E-state index in [1.54, 1.807) is 6.08 Å². The van der Waals surface area contributed by atoms with Gasteiger partial charge in [0.05, 0.1) is 12.0 Å². The van der Waals surface area contributed by atoms with Gasteiger partial charge in [0, 0.05) is 0 Å². The second kappa shape index (κ2) is 4.14. The highest BCUT2D eigenvalue weighted by molar-refractivity contribution is 4.89. The summed E-state index contributed by atoms with van der Waals surface area (Å²) in [6.45, 7) is 7.69. The Morgan fingerprint density at radius 1 is 1.67 bits per heavy atom. The van der Waals surface area contributed by atoms with Crippen molar-refractivity contribution in [3.8, 4) is 6.07 Å². The van der Waals surface area contributed by atoms with Crippen LogP contribution in [0.15, 0.2) is 12.7 Å². The van der Waals surface area contributed by atoms with Gasteiger partial charge < -0.3 is 0 Å². The standard InChI is InChI=1S/C8H13N/c1-4-5-8(6-9)7(2)3/h4,7-8H,1,5H2,2-3H3. The zero-order valence-corrected chi connectivity index (χ0v) is 6.09. The lowest BCUT2D eigenvalue weighted by Gasteiger charge is -2.08. The van der Waals surface area contributed by atoms with Crippen LogP contribution in [0.2, 0.25) is 0 Å². The second-order valence-electron chi connectivity index (χ2n) is 2.50. The van der Waals surface area contributed by atoms with Crippen molar-refractivity contribution in [3.05, 3.63) is 12.7 Å². The molecule has 0 amide bonds. The molecule has 0 saturated carbocycles. The molecule has 0 fully saturated rings. The molecule has 0 bridgehead atoms. The first-order chi connectivity index (χ1) is 4.22. The summed E-state index contributed by atoms with van der Waals surface area (Å²) in [5.41, 5.74) is 0. The fraction of sp³-hybridized carbons (Fsp3) is 0.625. The lowest BCUT2D eigenvalue weighted by Crippen LogP contribution is -2.03. The average molecular weight is 123 g/mol. The minimum atomic E-state index is 0.155. The van der Waals surface area contributed by atoms with Crippen LogP contribution < -0.4 is 0 Å². The van der Waals surface area contributed by atoms with Crippen LogP contribution in [0.4, 0.5) is 0 Å². The van der Waals surface area contributed by atoms with Crippen LogP contribution in [0.3, 0.4) is 0 Å². The molecule has 0 saturated heterocycles. The molecule has 0 N–H and O–H groups in total. The Hall–Kier alpha value is -0.770. The molecule has 0 rings (SSSR count). The average Bonchev–Trinajstić information content (AvgIpc) is 1.82. The van der Waals surface area contributed by atoms with Gasteiger partial charge in [-0.2, -0.15) is 5.26 Å². The lowest BCUT2D eigenvalue weighted by molar-refractivity contribution is 0.481. The molecule has 1 atom stereocenters. The Morgan fingerprint density at radius 3 is 2.33 bits per heavy atom. The minimum absolute atomic E-state index is 0.155. The molecule has 0 aliphatic heterocycles. The molecule has 9 heavy (non-hydrogen) atoms. The highest BCUT2D eigenvalue weighted by Gasteiger charge is 2.08. The predicted molar refractivity (Wildman–Crippen MR) is 38.8 cm³/mol. The zero-order chi connectivity index (χ0) is 7.28. The molecular formula is C8H13N. The van der Waals surface area contributed by atoms with Crippen LogP contribution in [0.5, 0.6) is 0 Å². The number of nitriles is 1. The number of nitrogens with zero attached hydrogens (tertiary/aromatic N) is 1. The van der Waals surface area contributed by atoms with E-state index in [1.165, 1.54) is 0 Å². The second-order valence-corrected chi connectivity index (χ2v) is 2.50. The highest BCUT2D eigenvalue weighted by atomic mass is 14.3. The molecule has 0 spiro atoms.